The molecule has 2 rings (SSSR count). The molecule has 0 fully saturated rings. The lowest BCUT2D eigenvalue weighted by Gasteiger charge is -2.05. The van der Waals surface area contributed by atoms with E-state index in [1.807, 2.05) is 19.1 Å². The number of hydrogen-bond donors (Lipinski definition) is 1. The standard InChI is InChI=1S/C11H11ClN4/c1-8-13-4-3-10(16-8)7-15-9-2-5-14-11(12)6-9/h2-6H,7H2,1H3,(H,14,15). The first-order valence-electron chi connectivity index (χ1n) is 4.88. The highest BCUT2D eigenvalue weighted by molar-refractivity contribution is 6.29. The molecule has 0 aliphatic heterocycles. The van der Waals surface area contributed by atoms with Crippen molar-refractivity contribution in [3.63, 3.8) is 0 Å². The fourth-order valence-electron chi connectivity index (χ4n) is 1.31. The van der Waals surface area contributed by atoms with Crippen LogP contribution in [0.25, 0.3) is 0 Å². The third kappa shape index (κ3) is 2.90. The van der Waals surface area contributed by atoms with Crippen LogP contribution in [0.3, 0.4) is 0 Å². The van der Waals surface area contributed by atoms with Crippen LogP contribution in [-0.2, 0) is 6.54 Å². The summed E-state index contributed by atoms with van der Waals surface area (Å²) in [5.74, 6) is 0.770. The lowest BCUT2D eigenvalue weighted by atomic mass is 10.3. The Morgan fingerprint density at radius 3 is 2.81 bits per heavy atom. The Hall–Kier alpha value is -1.68. The van der Waals surface area contributed by atoms with Gasteiger partial charge >= 0.3 is 0 Å². The highest BCUT2D eigenvalue weighted by atomic mass is 35.5. The normalized spacial score (nSPS) is 10.1. The molecule has 0 bridgehead atoms. The number of aryl methyl sites for hydroxylation is 1. The minimum atomic E-state index is 0.476. The maximum absolute atomic E-state index is 5.78. The summed E-state index contributed by atoms with van der Waals surface area (Å²) in [5, 5.41) is 3.69. The summed E-state index contributed by atoms with van der Waals surface area (Å²) in [6.07, 6.45) is 3.41. The first kappa shape index (κ1) is 10.8. The van der Waals surface area contributed by atoms with Crippen LogP contribution in [0.5, 0.6) is 0 Å². The molecule has 0 saturated carbocycles. The molecule has 82 valence electrons. The summed E-state index contributed by atoms with van der Waals surface area (Å²) in [7, 11) is 0. The molecule has 0 amide bonds. The van der Waals surface area contributed by atoms with Gasteiger partial charge < -0.3 is 5.32 Å². The number of pyridine rings is 1. The van der Waals surface area contributed by atoms with Gasteiger partial charge in [0, 0.05) is 18.1 Å². The van der Waals surface area contributed by atoms with Gasteiger partial charge in [-0.1, -0.05) is 11.6 Å². The number of aromatic nitrogens is 3. The summed E-state index contributed by atoms with van der Waals surface area (Å²) in [5.41, 5.74) is 1.87. The van der Waals surface area contributed by atoms with E-state index in [4.69, 9.17) is 11.6 Å². The van der Waals surface area contributed by atoms with Crippen LogP contribution in [0, 0.1) is 6.92 Å². The Morgan fingerprint density at radius 1 is 1.25 bits per heavy atom. The van der Waals surface area contributed by atoms with Crippen molar-refractivity contribution in [2.45, 2.75) is 13.5 Å². The third-order valence-electron chi connectivity index (χ3n) is 2.03. The SMILES string of the molecule is Cc1nccc(CNc2ccnc(Cl)c2)n1. The molecule has 5 heteroatoms. The van der Waals surface area contributed by atoms with Crippen LogP contribution in [0.15, 0.2) is 30.6 Å². The predicted molar refractivity (Wildman–Crippen MR) is 63.3 cm³/mol. The minimum absolute atomic E-state index is 0.476. The molecule has 0 unspecified atom stereocenters. The third-order valence-corrected chi connectivity index (χ3v) is 2.24. The highest BCUT2D eigenvalue weighted by Gasteiger charge is 1.97. The first-order valence-corrected chi connectivity index (χ1v) is 5.26. The van der Waals surface area contributed by atoms with Gasteiger partial charge in [-0.3, -0.25) is 0 Å². The molecule has 16 heavy (non-hydrogen) atoms. The molecule has 0 saturated heterocycles. The van der Waals surface area contributed by atoms with Crippen molar-refractivity contribution >= 4 is 17.3 Å². The zero-order chi connectivity index (χ0) is 11.4. The largest absolute Gasteiger partial charge is 0.379 e. The maximum atomic E-state index is 5.78. The van der Waals surface area contributed by atoms with Crippen LogP contribution in [0.1, 0.15) is 11.5 Å². The average molecular weight is 235 g/mol. The van der Waals surface area contributed by atoms with Gasteiger partial charge in [0.15, 0.2) is 0 Å². The molecular weight excluding hydrogens is 224 g/mol. The van der Waals surface area contributed by atoms with Gasteiger partial charge in [-0.15, -0.1) is 0 Å². The Bertz CT molecular complexity index is 441. The second-order valence-electron chi connectivity index (χ2n) is 3.32. The molecule has 0 aliphatic rings. The second kappa shape index (κ2) is 4.90. The maximum Gasteiger partial charge on any atom is 0.131 e. The molecule has 0 spiro atoms. The van der Waals surface area contributed by atoms with E-state index < -0.39 is 0 Å². The van der Waals surface area contributed by atoms with E-state index in [9.17, 15) is 0 Å². The average Bonchev–Trinajstić information content (AvgIpc) is 2.27. The van der Waals surface area contributed by atoms with E-state index in [-0.39, 0.29) is 0 Å². The van der Waals surface area contributed by atoms with Crippen LogP contribution >= 0.6 is 11.6 Å². The van der Waals surface area contributed by atoms with Gasteiger partial charge in [0.2, 0.25) is 0 Å². The Kier molecular flexibility index (Phi) is 3.31. The number of hydrogen-bond acceptors (Lipinski definition) is 4. The summed E-state index contributed by atoms with van der Waals surface area (Å²) in [4.78, 5) is 12.2. The fourth-order valence-corrected chi connectivity index (χ4v) is 1.48. The van der Waals surface area contributed by atoms with Gasteiger partial charge in [0.05, 0.1) is 12.2 Å². The summed E-state index contributed by atoms with van der Waals surface area (Å²) < 4.78 is 0. The van der Waals surface area contributed by atoms with Crippen LogP contribution in [0.4, 0.5) is 5.69 Å². The molecular formula is C11H11ClN4. The highest BCUT2D eigenvalue weighted by Crippen LogP contribution is 2.12. The summed E-state index contributed by atoms with van der Waals surface area (Å²) >= 11 is 5.78. The van der Waals surface area contributed by atoms with Crippen LogP contribution in [-0.4, -0.2) is 15.0 Å². The topological polar surface area (TPSA) is 50.7 Å². The lowest BCUT2D eigenvalue weighted by Crippen LogP contribution is -2.03. The smallest absolute Gasteiger partial charge is 0.131 e. The van der Waals surface area contributed by atoms with E-state index in [2.05, 4.69) is 20.3 Å². The van der Waals surface area contributed by atoms with Crippen molar-refractivity contribution in [1.82, 2.24) is 15.0 Å². The second-order valence-corrected chi connectivity index (χ2v) is 3.70. The Morgan fingerprint density at radius 2 is 2.06 bits per heavy atom. The molecule has 2 aromatic rings. The van der Waals surface area contributed by atoms with Crippen molar-refractivity contribution in [2.24, 2.45) is 0 Å². The molecule has 0 aromatic carbocycles. The summed E-state index contributed by atoms with van der Waals surface area (Å²) in [6.45, 7) is 2.51. The zero-order valence-corrected chi connectivity index (χ0v) is 9.57. The molecule has 0 atom stereocenters. The van der Waals surface area contributed by atoms with E-state index in [0.29, 0.717) is 11.7 Å². The van der Waals surface area contributed by atoms with E-state index >= 15 is 0 Å². The monoisotopic (exact) mass is 234 g/mol. The van der Waals surface area contributed by atoms with Crippen molar-refractivity contribution in [3.8, 4) is 0 Å². The van der Waals surface area contributed by atoms with E-state index in [0.717, 1.165) is 17.2 Å². The van der Waals surface area contributed by atoms with Crippen molar-refractivity contribution < 1.29 is 0 Å². The molecule has 2 aromatic heterocycles. The Labute approximate surface area is 98.7 Å². The van der Waals surface area contributed by atoms with E-state index in [1.54, 1.807) is 18.5 Å². The lowest BCUT2D eigenvalue weighted by molar-refractivity contribution is 0.955. The quantitative estimate of drug-likeness (QED) is 0.829. The van der Waals surface area contributed by atoms with Gasteiger partial charge in [-0.2, -0.15) is 0 Å². The van der Waals surface area contributed by atoms with Gasteiger partial charge in [0.25, 0.3) is 0 Å². The molecule has 4 nitrogen and oxygen atoms in total. The fraction of sp³-hybridized carbons (Fsp3) is 0.182. The first-order chi connectivity index (χ1) is 7.74. The number of halogens is 1. The minimum Gasteiger partial charge on any atom is -0.379 e. The molecule has 0 aliphatic carbocycles. The summed E-state index contributed by atoms with van der Waals surface area (Å²) in [6, 6.07) is 5.51. The van der Waals surface area contributed by atoms with Gasteiger partial charge in [-0.25, -0.2) is 15.0 Å². The number of anilines is 1. The van der Waals surface area contributed by atoms with Crippen molar-refractivity contribution in [2.75, 3.05) is 5.32 Å². The van der Waals surface area contributed by atoms with E-state index in [1.165, 1.54) is 0 Å². The molecule has 1 N–H and O–H groups in total. The van der Waals surface area contributed by atoms with Crippen molar-refractivity contribution in [3.05, 3.63) is 47.3 Å². The molecule has 2 heterocycles. The molecule has 0 radical (unpaired) electrons. The zero-order valence-electron chi connectivity index (χ0n) is 8.81. The number of rotatable bonds is 3. The Balaban J connectivity index is 2.02. The van der Waals surface area contributed by atoms with Crippen LogP contribution < -0.4 is 5.32 Å². The van der Waals surface area contributed by atoms with Crippen molar-refractivity contribution in [1.29, 1.82) is 0 Å². The number of nitrogens with one attached hydrogen (secondary N) is 1. The van der Waals surface area contributed by atoms with Gasteiger partial charge in [0.1, 0.15) is 11.0 Å². The predicted octanol–water partition coefficient (Wildman–Crippen LogP) is 2.45. The van der Waals surface area contributed by atoms with Crippen LogP contribution in [0.2, 0.25) is 5.15 Å². The number of nitrogens with zero attached hydrogens (tertiary/aromatic N) is 3. The van der Waals surface area contributed by atoms with Gasteiger partial charge in [-0.05, 0) is 25.1 Å².